The first-order valence-electron chi connectivity index (χ1n) is 6.28. The second-order valence-corrected chi connectivity index (χ2v) is 4.27. The predicted molar refractivity (Wildman–Crippen MR) is 72.4 cm³/mol. The van der Waals surface area contributed by atoms with E-state index >= 15 is 0 Å². The number of hydrogen-bond donors (Lipinski definition) is 1. The van der Waals surface area contributed by atoms with E-state index in [-0.39, 0.29) is 12.0 Å². The minimum absolute atomic E-state index is 0.0797. The minimum atomic E-state index is -0.284. The summed E-state index contributed by atoms with van der Waals surface area (Å²) in [5, 5.41) is 7.34. The molecule has 5 heteroatoms. The van der Waals surface area contributed by atoms with Crippen LogP contribution in [0.15, 0.2) is 30.3 Å². The van der Waals surface area contributed by atoms with Crippen LogP contribution in [0.2, 0.25) is 0 Å². The van der Waals surface area contributed by atoms with E-state index in [0.29, 0.717) is 17.1 Å². The predicted octanol–water partition coefficient (Wildman–Crippen LogP) is 2.56. The van der Waals surface area contributed by atoms with Crippen molar-refractivity contribution in [2.75, 3.05) is 7.05 Å². The topological polar surface area (TPSA) is 39.1 Å². The maximum Gasteiger partial charge on any atom is 0.213 e. The van der Waals surface area contributed by atoms with Crippen LogP contribution in [-0.2, 0) is 7.05 Å². The molecule has 1 atom stereocenters. The molecule has 0 bridgehead atoms. The van der Waals surface area contributed by atoms with Gasteiger partial charge in [-0.1, -0.05) is 19.1 Å². The maximum atomic E-state index is 13.7. The number of aromatic nitrogens is 2. The normalized spacial score (nSPS) is 12.4. The molecule has 0 saturated carbocycles. The lowest BCUT2D eigenvalue weighted by Gasteiger charge is -2.15. The van der Waals surface area contributed by atoms with E-state index in [9.17, 15) is 4.39 Å². The molecule has 1 unspecified atom stereocenters. The fraction of sp³-hybridized carbons (Fsp3) is 0.357. The molecule has 1 aromatic heterocycles. The van der Waals surface area contributed by atoms with Gasteiger partial charge in [-0.2, -0.15) is 5.10 Å². The second kappa shape index (κ2) is 5.84. The van der Waals surface area contributed by atoms with Crippen LogP contribution < -0.4 is 10.1 Å². The van der Waals surface area contributed by atoms with Gasteiger partial charge in [0.25, 0.3) is 0 Å². The van der Waals surface area contributed by atoms with Gasteiger partial charge in [0.05, 0.1) is 5.69 Å². The molecule has 1 heterocycles. The van der Waals surface area contributed by atoms with Crippen molar-refractivity contribution in [3.63, 3.8) is 0 Å². The first kappa shape index (κ1) is 13.5. The molecule has 0 spiro atoms. The highest BCUT2D eigenvalue weighted by Gasteiger charge is 2.14. The highest BCUT2D eigenvalue weighted by atomic mass is 19.1. The largest absolute Gasteiger partial charge is 0.459 e. The maximum absolute atomic E-state index is 13.7. The van der Waals surface area contributed by atoms with E-state index in [1.807, 2.05) is 14.0 Å². The van der Waals surface area contributed by atoms with E-state index in [1.54, 1.807) is 36.0 Å². The van der Waals surface area contributed by atoms with Gasteiger partial charge in [-0.15, -0.1) is 0 Å². The molecule has 2 aromatic rings. The van der Waals surface area contributed by atoms with Gasteiger partial charge in [0.15, 0.2) is 6.23 Å². The molecule has 0 fully saturated rings. The molecule has 102 valence electrons. The van der Waals surface area contributed by atoms with Crippen molar-refractivity contribution in [3.05, 3.63) is 36.1 Å². The summed E-state index contributed by atoms with van der Waals surface area (Å²) in [4.78, 5) is 0. The van der Waals surface area contributed by atoms with Crippen molar-refractivity contribution in [2.45, 2.75) is 19.6 Å². The van der Waals surface area contributed by atoms with Crippen LogP contribution in [0.1, 0.15) is 13.3 Å². The van der Waals surface area contributed by atoms with Crippen molar-refractivity contribution in [2.24, 2.45) is 7.05 Å². The van der Waals surface area contributed by atoms with Crippen LogP contribution in [0.5, 0.6) is 5.88 Å². The molecule has 0 amide bonds. The molecular weight excluding hydrogens is 245 g/mol. The zero-order valence-corrected chi connectivity index (χ0v) is 11.4. The van der Waals surface area contributed by atoms with Gasteiger partial charge in [-0.05, 0) is 25.6 Å². The third-order valence-corrected chi connectivity index (χ3v) is 2.94. The van der Waals surface area contributed by atoms with Crippen LogP contribution in [-0.4, -0.2) is 23.1 Å². The Balaban J connectivity index is 2.29. The number of hydrogen-bond acceptors (Lipinski definition) is 3. The Hall–Kier alpha value is -1.88. The molecule has 0 radical (unpaired) electrons. The Bertz CT molecular complexity index is 549. The van der Waals surface area contributed by atoms with E-state index in [0.717, 1.165) is 6.42 Å². The Labute approximate surface area is 112 Å². The van der Waals surface area contributed by atoms with Crippen molar-refractivity contribution in [1.29, 1.82) is 0 Å². The Morgan fingerprint density at radius 1 is 1.42 bits per heavy atom. The number of aryl methyl sites for hydroxylation is 1. The molecule has 0 aliphatic rings. The Morgan fingerprint density at radius 3 is 2.79 bits per heavy atom. The van der Waals surface area contributed by atoms with Gasteiger partial charge in [-0.3, -0.25) is 5.32 Å². The fourth-order valence-corrected chi connectivity index (χ4v) is 1.85. The van der Waals surface area contributed by atoms with Gasteiger partial charge in [0, 0.05) is 18.7 Å². The number of nitrogens with zero attached hydrogens (tertiary/aromatic N) is 2. The highest BCUT2D eigenvalue weighted by molar-refractivity contribution is 5.60. The summed E-state index contributed by atoms with van der Waals surface area (Å²) in [6.07, 6.45) is 0.750. The zero-order valence-electron chi connectivity index (χ0n) is 11.4. The SMILES string of the molecule is CCC(NC)Oc1cc(-c2ccccc2F)nn1C. The number of benzene rings is 1. The number of halogens is 1. The molecule has 1 N–H and O–H groups in total. The van der Waals surface area contributed by atoms with Crippen LogP contribution in [0.25, 0.3) is 11.3 Å². The van der Waals surface area contributed by atoms with Gasteiger partial charge in [-0.25, -0.2) is 9.07 Å². The summed E-state index contributed by atoms with van der Waals surface area (Å²) in [7, 11) is 3.62. The van der Waals surface area contributed by atoms with Crippen molar-refractivity contribution < 1.29 is 9.13 Å². The first-order valence-corrected chi connectivity index (χ1v) is 6.28. The van der Waals surface area contributed by atoms with Gasteiger partial charge in [0.2, 0.25) is 5.88 Å². The quantitative estimate of drug-likeness (QED) is 0.843. The van der Waals surface area contributed by atoms with Crippen LogP contribution in [0, 0.1) is 5.82 Å². The first-order chi connectivity index (χ1) is 9.15. The molecule has 2 rings (SSSR count). The summed E-state index contributed by atoms with van der Waals surface area (Å²) in [5.74, 6) is 0.326. The third kappa shape index (κ3) is 2.93. The fourth-order valence-electron chi connectivity index (χ4n) is 1.85. The summed E-state index contributed by atoms with van der Waals surface area (Å²) < 4.78 is 21.1. The van der Waals surface area contributed by atoms with Crippen LogP contribution in [0.3, 0.4) is 0 Å². The van der Waals surface area contributed by atoms with Gasteiger partial charge >= 0.3 is 0 Å². The smallest absolute Gasteiger partial charge is 0.213 e. The number of ether oxygens (including phenoxy) is 1. The summed E-state index contributed by atoms with van der Waals surface area (Å²) in [6.45, 7) is 2.02. The molecule has 0 saturated heterocycles. The average molecular weight is 263 g/mol. The van der Waals surface area contributed by atoms with E-state index in [2.05, 4.69) is 10.4 Å². The number of nitrogens with one attached hydrogen (secondary N) is 1. The zero-order chi connectivity index (χ0) is 13.8. The lowest BCUT2D eigenvalue weighted by Crippen LogP contribution is -2.31. The van der Waals surface area contributed by atoms with E-state index < -0.39 is 0 Å². The summed E-state index contributed by atoms with van der Waals surface area (Å²) in [6, 6.07) is 8.32. The van der Waals surface area contributed by atoms with Gasteiger partial charge < -0.3 is 4.74 Å². The standard InChI is InChI=1S/C14H18FN3O/c1-4-13(16-2)19-14-9-12(17-18(14)3)10-7-5-6-8-11(10)15/h5-9,13,16H,4H2,1-3H3. The Kier molecular flexibility index (Phi) is 4.16. The molecule has 1 aromatic carbocycles. The third-order valence-electron chi connectivity index (χ3n) is 2.94. The van der Waals surface area contributed by atoms with Crippen LogP contribution >= 0.6 is 0 Å². The molecular formula is C14H18FN3O. The molecule has 0 aliphatic carbocycles. The average Bonchev–Trinajstić information content (AvgIpc) is 2.77. The lowest BCUT2D eigenvalue weighted by atomic mass is 10.1. The Morgan fingerprint density at radius 2 is 2.16 bits per heavy atom. The second-order valence-electron chi connectivity index (χ2n) is 4.27. The van der Waals surface area contributed by atoms with Crippen molar-refractivity contribution in [3.8, 4) is 17.1 Å². The molecule has 19 heavy (non-hydrogen) atoms. The molecule has 4 nitrogen and oxygen atoms in total. The van der Waals surface area contributed by atoms with E-state index in [1.165, 1.54) is 6.07 Å². The highest BCUT2D eigenvalue weighted by Crippen LogP contribution is 2.25. The van der Waals surface area contributed by atoms with E-state index in [4.69, 9.17) is 4.74 Å². The van der Waals surface area contributed by atoms with Gasteiger partial charge in [0.1, 0.15) is 5.82 Å². The number of rotatable bonds is 5. The lowest BCUT2D eigenvalue weighted by molar-refractivity contribution is 0.155. The van der Waals surface area contributed by atoms with Crippen LogP contribution in [0.4, 0.5) is 4.39 Å². The minimum Gasteiger partial charge on any atom is -0.459 e. The summed E-state index contributed by atoms with van der Waals surface area (Å²) >= 11 is 0. The monoisotopic (exact) mass is 263 g/mol. The summed E-state index contributed by atoms with van der Waals surface area (Å²) in [5.41, 5.74) is 1.05. The van der Waals surface area contributed by atoms with Crippen molar-refractivity contribution in [1.82, 2.24) is 15.1 Å². The van der Waals surface area contributed by atoms with Crippen molar-refractivity contribution >= 4 is 0 Å². The molecule has 0 aliphatic heterocycles.